The molecule has 0 amide bonds. The number of halogens is 2. The largest absolute Gasteiger partial charge is 0.486 e. The van der Waals surface area contributed by atoms with Crippen molar-refractivity contribution in [3.63, 3.8) is 0 Å². The lowest BCUT2D eigenvalue weighted by atomic mass is 10.1. The molecule has 0 fully saturated rings. The predicted molar refractivity (Wildman–Crippen MR) is 81.4 cm³/mol. The van der Waals surface area contributed by atoms with Crippen molar-refractivity contribution in [2.24, 2.45) is 0 Å². The number of nitrogens with zero attached hydrogens (tertiary/aromatic N) is 4. The monoisotopic (exact) mass is 321 g/mol. The molecule has 3 rings (SSSR count). The van der Waals surface area contributed by atoms with Crippen LogP contribution in [0.2, 0.25) is 0 Å². The second-order valence-electron chi connectivity index (χ2n) is 5.98. The summed E-state index contributed by atoms with van der Waals surface area (Å²) in [7, 11) is 0. The molecule has 0 saturated carbocycles. The number of alkyl halides is 2. The van der Waals surface area contributed by atoms with Crippen LogP contribution in [0.25, 0.3) is 0 Å². The molecule has 0 spiro atoms. The van der Waals surface area contributed by atoms with Crippen LogP contribution >= 0.6 is 0 Å². The number of hydrogen-bond donors (Lipinski definition) is 1. The number of nitrogens with two attached hydrogens (primary N) is 1. The Labute approximate surface area is 132 Å². The fraction of sp³-hybridized carbons (Fsp3) is 0.400. The molecule has 0 radical (unpaired) electrons. The number of nitrogen functional groups attached to an aromatic ring is 1. The number of aromatic nitrogens is 3. The smallest absolute Gasteiger partial charge is 0.297 e. The number of anilines is 2. The molecule has 6 nitrogen and oxygen atoms in total. The summed E-state index contributed by atoms with van der Waals surface area (Å²) in [6, 6.07) is 7.58. The molecule has 0 bridgehead atoms. The van der Waals surface area contributed by atoms with E-state index in [1.54, 1.807) is 4.90 Å². The second-order valence-corrected chi connectivity index (χ2v) is 5.98. The first kappa shape index (κ1) is 15.4. The van der Waals surface area contributed by atoms with Gasteiger partial charge in [-0.05, 0) is 19.9 Å². The first-order valence-electron chi connectivity index (χ1n) is 7.15. The Balaban J connectivity index is 2.02. The van der Waals surface area contributed by atoms with Gasteiger partial charge in [0.2, 0.25) is 17.7 Å². The topological polar surface area (TPSA) is 77.2 Å². The highest BCUT2D eigenvalue weighted by Gasteiger charge is 2.31. The Morgan fingerprint density at radius 1 is 1.22 bits per heavy atom. The summed E-state index contributed by atoms with van der Waals surface area (Å²) in [5, 5.41) is 0. The van der Waals surface area contributed by atoms with Crippen molar-refractivity contribution < 1.29 is 13.5 Å². The van der Waals surface area contributed by atoms with Crippen LogP contribution in [0.4, 0.5) is 20.7 Å². The van der Waals surface area contributed by atoms with E-state index in [4.69, 9.17) is 10.5 Å². The van der Waals surface area contributed by atoms with Crippen molar-refractivity contribution in [2.75, 3.05) is 17.2 Å². The first-order chi connectivity index (χ1) is 10.8. The van der Waals surface area contributed by atoms with Gasteiger partial charge in [0, 0.05) is 12.1 Å². The zero-order valence-electron chi connectivity index (χ0n) is 12.8. The van der Waals surface area contributed by atoms with E-state index in [-0.39, 0.29) is 11.9 Å². The number of ether oxygens (including phenoxy) is 1. The Kier molecular flexibility index (Phi) is 3.75. The van der Waals surface area contributed by atoms with Gasteiger partial charge in [-0.3, -0.25) is 0 Å². The minimum atomic E-state index is -2.80. The third-order valence-corrected chi connectivity index (χ3v) is 3.43. The summed E-state index contributed by atoms with van der Waals surface area (Å²) in [4.78, 5) is 13.1. The van der Waals surface area contributed by atoms with E-state index in [0.717, 1.165) is 11.3 Å². The summed E-state index contributed by atoms with van der Waals surface area (Å²) in [6.07, 6.45) is -2.80. The Bertz CT molecular complexity index is 723. The van der Waals surface area contributed by atoms with Gasteiger partial charge in [-0.25, -0.2) is 8.78 Å². The molecule has 0 aliphatic carbocycles. The highest BCUT2D eigenvalue weighted by Crippen LogP contribution is 2.31. The zero-order valence-corrected chi connectivity index (χ0v) is 12.8. The van der Waals surface area contributed by atoms with Crippen LogP contribution in [0.5, 0.6) is 5.75 Å². The van der Waals surface area contributed by atoms with Crippen LogP contribution in [0.1, 0.15) is 31.7 Å². The number of benzene rings is 1. The molecule has 1 aliphatic heterocycles. The number of fused-ring (bicyclic) bond motifs is 1. The van der Waals surface area contributed by atoms with Gasteiger partial charge in [-0.2, -0.15) is 15.0 Å². The predicted octanol–water partition coefficient (Wildman–Crippen LogP) is 2.57. The lowest BCUT2D eigenvalue weighted by Crippen LogP contribution is -2.41. The molecule has 2 heterocycles. The summed E-state index contributed by atoms with van der Waals surface area (Å²) >= 11 is 0. The first-order valence-corrected chi connectivity index (χ1v) is 7.15. The van der Waals surface area contributed by atoms with E-state index in [1.165, 1.54) is 0 Å². The van der Waals surface area contributed by atoms with Gasteiger partial charge in [0.15, 0.2) is 0 Å². The molecule has 0 saturated heterocycles. The second kappa shape index (κ2) is 5.60. The number of rotatable bonds is 2. The maximum absolute atomic E-state index is 12.9. The van der Waals surface area contributed by atoms with Gasteiger partial charge in [0.25, 0.3) is 6.43 Å². The van der Waals surface area contributed by atoms with Crippen molar-refractivity contribution in [3.8, 4) is 5.75 Å². The van der Waals surface area contributed by atoms with Gasteiger partial charge in [-0.15, -0.1) is 0 Å². The van der Waals surface area contributed by atoms with Crippen LogP contribution in [-0.4, -0.2) is 27.1 Å². The molecule has 0 atom stereocenters. The van der Waals surface area contributed by atoms with Crippen molar-refractivity contribution in [1.82, 2.24) is 15.0 Å². The van der Waals surface area contributed by atoms with Crippen molar-refractivity contribution in [3.05, 3.63) is 35.7 Å². The van der Waals surface area contributed by atoms with Crippen LogP contribution in [0, 0.1) is 0 Å². The van der Waals surface area contributed by atoms with E-state index in [9.17, 15) is 8.78 Å². The molecule has 1 aromatic heterocycles. The molecule has 122 valence electrons. The minimum Gasteiger partial charge on any atom is -0.486 e. The fourth-order valence-corrected chi connectivity index (χ4v) is 2.56. The molecule has 2 N–H and O–H groups in total. The average molecular weight is 321 g/mol. The van der Waals surface area contributed by atoms with E-state index >= 15 is 0 Å². The lowest BCUT2D eigenvalue weighted by molar-refractivity contribution is 0.120. The third-order valence-electron chi connectivity index (χ3n) is 3.43. The molecule has 1 aliphatic rings. The van der Waals surface area contributed by atoms with Gasteiger partial charge < -0.3 is 15.4 Å². The van der Waals surface area contributed by atoms with E-state index in [2.05, 4.69) is 15.0 Å². The Morgan fingerprint density at radius 3 is 2.70 bits per heavy atom. The number of hydrogen-bond acceptors (Lipinski definition) is 6. The van der Waals surface area contributed by atoms with Crippen molar-refractivity contribution >= 4 is 11.9 Å². The summed E-state index contributed by atoms with van der Waals surface area (Å²) in [6.45, 7) is 4.70. The van der Waals surface area contributed by atoms with Crippen LogP contribution < -0.4 is 15.4 Å². The van der Waals surface area contributed by atoms with E-state index in [1.807, 2.05) is 38.1 Å². The van der Waals surface area contributed by atoms with Gasteiger partial charge in [-0.1, -0.05) is 18.2 Å². The molecular formula is C15H17F2N5O. The summed E-state index contributed by atoms with van der Waals surface area (Å²) in [5.41, 5.74) is 5.94. The van der Waals surface area contributed by atoms with Crippen LogP contribution in [0.3, 0.4) is 0 Å². The maximum atomic E-state index is 12.9. The molecule has 8 heteroatoms. The summed E-state index contributed by atoms with van der Waals surface area (Å²) in [5.74, 6) is 0.0441. The van der Waals surface area contributed by atoms with Gasteiger partial charge in [0.1, 0.15) is 11.4 Å². The average Bonchev–Trinajstić information content (AvgIpc) is 2.60. The Hall–Kier alpha value is -2.51. The third kappa shape index (κ3) is 3.30. The summed E-state index contributed by atoms with van der Waals surface area (Å²) < 4.78 is 31.8. The molecule has 0 unspecified atom stereocenters. The molecule has 23 heavy (non-hydrogen) atoms. The van der Waals surface area contributed by atoms with E-state index < -0.39 is 17.9 Å². The van der Waals surface area contributed by atoms with Gasteiger partial charge in [0.05, 0.1) is 6.54 Å². The quantitative estimate of drug-likeness (QED) is 0.916. The normalized spacial score (nSPS) is 16.7. The molecule has 1 aromatic carbocycles. The zero-order chi connectivity index (χ0) is 16.6. The van der Waals surface area contributed by atoms with Crippen LogP contribution in [-0.2, 0) is 6.54 Å². The highest BCUT2D eigenvalue weighted by atomic mass is 19.3. The van der Waals surface area contributed by atoms with Crippen molar-refractivity contribution in [2.45, 2.75) is 32.4 Å². The van der Waals surface area contributed by atoms with Gasteiger partial charge >= 0.3 is 0 Å². The Morgan fingerprint density at radius 2 is 1.96 bits per heavy atom. The SMILES string of the molecule is CC1(C)CN(c2nc(N)nc(C(F)F)n2)Cc2ccccc2O1. The van der Waals surface area contributed by atoms with Crippen molar-refractivity contribution in [1.29, 1.82) is 0 Å². The lowest BCUT2D eigenvalue weighted by Gasteiger charge is -2.29. The number of para-hydroxylation sites is 1. The molecule has 2 aromatic rings. The standard InChI is InChI=1S/C15H17F2N5O/c1-15(2)8-22(7-9-5-3-4-6-10(9)23-15)14-20-12(11(16)17)19-13(18)21-14/h3-6,11H,7-8H2,1-2H3,(H2,18,19,20,21). The molecular weight excluding hydrogens is 304 g/mol. The maximum Gasteiger partial charge on any atom is 0.297 e. The van der Waals surface area contributed by atoms with E-state index in [0.29, 0.717) is 13.1 Å². The van der Waals surface area contributed by atoms with Crippen LogP contribution in [0.15, 0.2) is 24.3 Å². The highest BCUT2D eigenvalue weighted by molar-refractivity contribution is 5.43. The minimum absolute atomic E-state index is 0.126. The fourth-order valence-electron chi connectivity index (χ4n) is 2.56.